The van der Waals surface area contributed by atoms with Gasteiger partial charge < -0.3 is 14.2 Å². The van der Waals surface area contributed by atoms with Gasteiger partial charge in [0.1, 0.15) is 11.5 Å². The summed E-state index contributed by atoms with van der Waals surface area (Å²) in [6, 6.07) is 13.5. The molecule has 6 heteroatoms. The maximum absolute atomic E-state index is 11.5. The van der Waals surface area contributed by atoms with Gasteiger partial charge in [-0.25, -0.2) is 14.4 Å². The van der Waals surface area contributed by atoms with Gasteiger partial charge in [0.15, 0.2) is 0 Å². The molecule has 0 fully saturated rings. The minimum atomic E-state index is -1.13. The van der Waals surface area contributed by atoms with Crippen molar-refractivity contribution in [2.75, 3.05) is 0 Å². The maximum Gasteiger partial charge on any atom is 0.521 e. The Morgan fingerprint density at radius 3 is 1.48 bits per heavy atom. The predicted octanol–water partition coefficient (Wildman–Crippen LogP) is 4.45. The molecule has 0 amide bonds. The van der Waals surface area contributed by atoms with Crippen LogP contribution in [0.25, 0.3) is 11.1 Å². The summed E-state index contributed by atoms with van der Waals surface area (Å²) in [7, 11) is 0. The van der Waals surface area contributed by atoms with Crippen LogP contribution < -0.4 is 9.47 Å². The molecule has 2 aromatic carbocycles. The molecular weight excluding hydrogens is 348 g/mol. The van der Waals surface area contributed by atoms with Gasteiger partial charge in [0.25, 0.3) is 0 Å². The van der Waals surface area contributed by atoms with Crippen molar-refractivity contribution < 1.29 is 28.6 Å². The number of rotatable bonds is 5. The Bertz CT molecular complexity index is 891. The van der Waals surface area contributed by atoms with Crippen molar-refractivity contribution in [3.8, 4) is 22.6 Å². The number of carbonyl (C=O) groups is 3. The lowest BCUT2D eigenvalue weighted by Crippen LogP contribution is -2.16. The minimum Gasteiger partial charge on any atom is -0.423 e. The highest BCUT2D eigenvalue weighted by Gasteiger charge is 2.13. The van der Waals surface area contributed by atoms with Crippen molar-refractivity contribution in [1.82, 2.24) is 0 Å². The summed E-state index contributed by atoms with van der Waals surface area (Å²) in [4.78, 5) is 34.3. The van der Waals surface area contributed by atoms with Gasteiger partial charge in [0.2, 0.25) is 0 Å². The van der Waals surface area contributed by atoms with Gasteiger partial charge >= 0.3 is 18.1 Å². The molecule has 0 saturated carbocycles. The molecule has 0 aliphatic heterocycles. The summed E-state index contributed by atoms with van der Waals surface area (Å²) in [6.45, 7) is 9.90. The molecule has 0 atom stereocenters. The summed E-state index contributed by atoms with van der Waals surface area (Å²) in [6.07, 6.45) is -1.13. The van der Waals surface area contributed by atoms with E-state index in [1.807, 2.05) is 0 Å². The van der Waals surface area contributed by atoms with E-state index in [4.69, 9.17) is 9.47 Å². The van der Waals surface area contributed by atoms with Crippen molar-refractivity contribution in [3.05, 3.63) is 72.8 Å². The first-order chi connectivity index (χ1) is 12.8. The lowest BCUT2D eigenvalue weighted by molar-refractivity contribution is -0.134. The SMILES string of the molecule is C=C(C)C(=O)OC(=O)Oc1ccc(-c2ccc(OC(=O)C(=C)C)cc2)cc1. The molecule has 0 N–H and O–H groups in total. The normalized spacial score (nSPS) is 9.85. The van der Waals surface area contributed by atoms with Gasteiger partial charge in [-0.05, 0) is 49.2 Å². The summed E-state index contributed by atoms with van der Waals surface area (Å²) in [5.41, 5.74) is 2.14. The number of carbonyl (C=O) groups excluding carboxylic acids is 3. The molecule has 0 spiro atoms. The molecule has 0 saturated heterocycles. The van der Waals surface area contributed by atoms with Gasteiger partial charge in [-0.2, -0.15) is 0 Å². The Labute approximate surface area is 156 Å². The smallest absolute Gasteiger partial charge is 0.423 e. The second kappa shape index (κ2) is 8.62. The molecule has 0 aromatic heterocycles. The van der Waals surface area contributed by atoms with Gasteiger partial charge in [-0.1, -0.05) is 37.4 Å². The van der Waals surface area contributed by atoms with E-state index >= 15 is 0 Å². The first-order valence-corrected chi connectivity index (χ1v) is 7.94. The van der Waals surface area contributed by atoms with Crippen LogP contribution in [0.1, 0.15) is 13.8 Å². The van der Waals surface area contributed by atoms with Crippen LogP contribution in [0.3, 0.4) is 0 Å². The maximum atomic E-state index is 11.5. The molecule has 6 nitrogen and oxygen atoms in total. The second-order valence-electron chi connectivity index (χ2n) is 5.74. The highest BCUT2D eigenvalue weighted by atomic mass is 16.7. The van der Waals surface area contributed by atoms with Crippen LogP contribution in [0, 0.1) is 0 Å². The number of benzene rings is 2. The van der Waals surface area contributed by atoms with E-state index < -0.39 is 18.1 Å². The van der Waals surface area contributed by atoms with Crippen molar-refractivity contribution in [3.63, 3.8) is 0 Å². The third kappa shape index (κ3) is 5.67. The fraction of sp³-hybridized carbons (Fsp3) is 0.0952. The zero-order chi connectivity index (χ0) is 20.0. The molecule has 2 rings (SSSR count). The number of hydrogen-bond donors (Lipinski definition) is 0. The van der Waals surface area contributed by atoms with Crippen LogP contribution in [0.2, 0.25) is 0 Å². The molecule has 0 bridgehead atoms. The van der Waals surface area contributed by atoms with Crippen LogP contribution in [0.4, 0.5) is 4.79 Å². The minimum absolute atomic E-state index is 0.0969. The van der Waals surface area contributed by atoms with Crippen molar-refractivity contribution >= 4 is 18.1 Å². The van der Waals surface area contributed by atoms with Crippen LogP contribution >= 0.6 is 0 Å². The lowest BCUT2D eigenvalue weighted by atomic mass is 10.1. The Kier molecular flexibility index (Phi) is 6.27. The summed E-state index contributed by atoms with van der Waals surface area (Å²) < 4.78 is 14.5. The average molecular weight is 366 g/mol. The molecule has 27 heavy (non-hydrogen) atoms. The standard InChI is InChI=1S/C21H18O6/c1-13(2)19(22)25-17-9-5-15(6-10-17)16-7-11-18(12-8-16)26-21(24)27-20(23)14(3)4/h5-12H,1,3H2,2,4H3. The average Bonchev–Trinajstić information content (AvgIpc) is 2.62. The van der Waals surface area contributed by atoms with E-state index in [0.717, 1.165) is 11.1 Å². The van der Waals surface area contributed by atoms with Gasteiger partial charge in [-0.3, -0.25) is 0 Å². The molecule has 0 radical (unpaired) electrons. The molecule has 2 aromatic rings. The van der Waals surface area contributed by atoms with Gasteiger partial charge in [0.05, 0.1) is 0 Å². The highest BCUT2D eigenvalue weighted by molar-refractivity contribution is 5.93. The molecule has 0 aliphatic rings. The fourth-order valence-electron chi connectivity index (χ4n) is 1.90. The van der Waals surface area contributed by atoms with E-state index in [2.05, 4.69) is 17.9 Å². The Balaban J connectivity index is 2.01. The molecule has 0 heterocycles. The molecule has 0 unspecified atom stereocenters. The molecule has 0 aliphatic carbocycles. The summed E-state index contributed by atoms with van der Waals surface area (Å²) >= 11 is 0. The summed E-state index contributed by atoms with van der Waals surface area (Å²) in [5.74, 6) is -0.688. The largest absolute Gasteiger partial charge is 0.521 e. The zero-order valence-corrected chi connectivity index (χ0v) is 15.0. The quantitative estimate of drug-likeness (QED) is 0.256. The van der Waals surface area contributed by atoms with Gasteiger partial charge in [-0.15, -0.1) is 0 Å². The Morgan fingerprint density at radius 1 is 0.667 bits per heavy atom. The van der Waals surface area contributed by atoms with E-state index in [0.29, 0.717) is 11.3 Å². The Hall–Kier alpha value is -3.67. The first kappa shape index (κ1) is 19.7. The molecular formula is C21H18O6. The first-order valence-electron chi connectivity index (χ1n) is 7.94. The lowest BCUT2D eigenvalue weighted by Gasteiger charge is -2.07. The predicted molar refractivity (Wildman–Crippen MR) is 99.3 cm³/mol. The number of esters is 2. The van der Waals surface area contributed by atoms with Crippen LogP contribution in [0.15, 0.2) is 72.8 Å². The highest BCUT2D eigenvalue weighted by Crippen LogP contribution is 2.25. The van der Waals surface area contributed by atoms with E-state index in [9.17, 15) is 14.4 Å². The third-order valence-corrected chi connectivity index (χ3v) is 3.33. The second-order valence-corrected chi connectivity index (χ2v) is 5.74. The fourth-order valence-corrected chi connectivity index (χ4v) is 1.90. The third-order valence-electron chi connectivity index (χ3n) is 3.33. The van der Waals surface area contributed by atoms with Crippen LogP contribution in [-0.2, 0) is 14.3 Å². The molecule has 138 valence electrons. The number of ether oxygens (including phenoxy) is 3. The van der Waals surface area contributed by atoms with Crippen LogP contribution in [-0.4, -0.2) is 18.1 Å². The summed E-state index contributed by atoms with van der Waals surface area (Å²) in [5, 5.41) is 0. The van der Waals surface area contributed by atoms with E-state index in [1.165, 1.54) is 6.92 Å². The topological polar surface area (TPSA) is 78.9 Å². The van der Waals surface area contributed by atoms with Crippen molar-refractivity contribution in [1.29, 1.82) is 0 Å². The van der Waals surface area contributed by atoms with Gasteiger partial charge in [0, 0.05) is 11.1 Å². The van der Waals surface area contributed by atoms with Crippen LogP contribution in [0.5, 0.6) is 11.5 Å². The van der Waals surface area contributed by atoms with Crippen molar-refractivity contribution in [2.24, 2.45) is 0 Å². The van der Waals surface area contributed by atoms with E-state index in [-0.39, 0.29) is 11.3 Å². The monoisotopic (exact) mass is 366 g/mol. The van der Waals surface area contributed by atoms with Crippen molar-refractivity contribution in [2.45, 2.75) is 13.8 Å². The number of hydrogen-bond acceptors (Lipinski definition) is 6. The zero-order valence-electron chi connectivity index (χ0n) is 15.0. The van der Waals surface area contributed by atoms with E-state index in [1.54, 1.807) is 55.5 Å². The Morgan fingerprint density at radius 2 is 1.07 bits per heavy atom.